The van der Waals surface area contributed by atoms with Gasteiger partial charge in [-0.1, -0.05) is 48.5 Å². The minimum Gasteiger partial charge on any atom is -0.497 e. The molecule has 0 aliphatic heterocycles. The third kappa shape index (κ3) is 4.79. The van der Waals surface area contributed by atoms with Gasteiger partial charge >= 0.3 is 0 Å². The number of ether oxygens (including phenoxy) is 1. The van der Waals surface area contributed by atoms with Crippen LogP contribution in [0, 0.1) is 5.82 Å². The van der Waals surface area contributed by atoms with E-state index in [1.165, 1.54) is 23.1 Å². The number of benzene rings is 3. The molecule has 5 nitrogen and oxygen atoms in total. The van der Waals surface area contributed by atoms with Gasteiger partial charge in [-0.25, -0.2) is 4.39 Å². The van der Waals surface area contributed by atoms with Gasteiger partial charge in [0, 0.05) is 12.1 Å². The van der Waals surface area contributed by atoms with Crippen LogP contribution < -0.4 is 10.5 Å². The molecule has 0 saturated carbocycles. The van der Waals surface area contributed by atoms with E-state index in [2.05, 4.69) is 0 Å². The van der Waals surface area contributed by atoms with E-state index in [1.807, 2.05) is 12.1 Å². The lowest BCUT2D eigenvalue weighted by Crippen LogP contribution is -2.41. The summed E-state index contributed by atoms with van der Waals surface area (Å²) < 4.78 is 19.0. The van der Waals surface area contributed by atoms with Crippen molar-refractivity contribution < 1.29 is 18.7 Å². The fraction of sp³-hybridized carbons (Fsp3) is 0.130. The van der Waals surface area contributed by atoms with Gasteiger partial charge in [0.1, 0.15) is 17.6 Å². The predicted molar refractivity (Wildman–Crippen MR) is 108 cm³/mol. The maximum atomic E-state index is 13.7. The Bertz CT molecular complexity index is 1010. The summed E-state index contributed by atoms with van der Waals surface area (Å²) in [5.74, 6) is -1.09. The minimum absolute atomic E-state index is 0.0923. The smallest absolute Gasteiger partial charge is 0.255 e. The molecular formula is C23H21FN2O3. The fourth-order valence-electron chi connectivity index (χ4n) is 3.17. The third-order valence-corrected chi connectivity index (χ3v) is 4.52. The molecule has 0 heterocycles. The number of methoxy groups -OCH3 is 1. The molecule has 0 aromatic heterocycles. The number of amides is 2. The number of carbonyl (C=O) groups is 2. The highest BCUT2D eigenvalue weighted by Gasteiger charge is 2.30. The molecular weight excluding hydrogens is 371 g/mol. The molecule has 0 aliphatic rings. The van der Waals surface area contributed by atoms with Crippen LogP contribution in [-0.4, -0.2) is 23.8 Å². The van der Waals surface area contributed by atoms with Crippen molar-refractivity contribution in [1.82, 2.24) is 4.90 Å². The van der Waals surface area contributed by atoms with Gasteiger partial charge in [0.05, 0.1) is 7.11 Å². The molecule has 3 aromatic rings. The largest absolute Gasteiger partial charge is 0.497 e. The second-order valence-corrected chi connectivity index (χ2v) is 6.51. The first-order chi connectivity index (χ1) is 14.0. The lowest BCUT2D eigenvalue weighted by atomic mass is 10.0. The van der Waals surface area contributed by atoms with Crippen molar-refractivity contribution in [1.29, 1.82) is 0 Å². The molecule has 6 heteroatoms. The van der Waals surface area contributed by atoms with Gasteiger partial charge < -0.3 is 15.4 Å². The Labute approximate surface area is 168 Å². The highest BCUT2D eigenvalue weighted by molar-refractivity contribution is 5.97. The first-order valence-electron chi connectivity index (χ1n) is 9.03. The Morgan fingerprint density at radius 2 is 1.72 bits per heavy atom. The second-order valence-electron chi connectivity index (χ2n) is 6.51. The average molecular weight is 392 g/mol. The SMILES string of the molecule is COc1cccc(CN(C(=O)c2cccc(F)c2)[C@@H](C(N)=O)c2ccccc2)c1. The van der Waals surface area contributed by atoms with Crippen LogP contribution in [0.15, 0.2) is 78.9 Å². The quantitative estimate of drug-likeness (QED) is 0.666. The third-order valence-electron chi connectivity index (χ3n) is 4.52. The Morgan fingerprint density at radius 1 is 1.00 bits per heavy atom. The molecule has 0 aliphatic carbocycles. The minimum atomic E-state index is -1.02. The number of nitrogens with zero attached hydrogens (tertiary/aromatic N) is 1. The van der Waals surface area contributed by atoms with Gasteiger partial charge in [-0.2, -0.15) is 0 Å². The standard InChI is InChI=1S/C23H21FN2O3/c1-29-20-12-5-7-16(13-20)15-26(23(28)18-10-6-11-19(24)14-18)21(22(25)27)17-8-3-2-4-9-17/h2-14,21H,15H2,1H3,(H2,25,27)/t21-/m1/s1. The first kappa shape index (κ1) is 20.1. The predicted octanol–water partition coefficient (Wildman–Crippen LogP) is 3.70. The van der Waals surface area contributed by atoms with E-state index in [4.69, 9.17) is 10.5 Å². The Morgan fingerprint density at radius 3 is 2.38 bits per heavy atom. The maximum Gasteiger partial charge on any atom is 0.255 e. The Hall–Kier alpha value is -3.67. The number of halogens is 1. The number of rotatable bonds is 7. The molecule has 0 saturated heterocycles. The Balaban J connectivity index is 2.06. The van der Waals surface area contributed by atoms with Gasteiger partial charge in [0.2, 0.25) is 5.91 Å². The molecule has 0 bridgehead atoms. The summed E-state index contributed by atoms with van der Waals surface area (Å²) in [6, 6.07) is 20.3. The second kappa shape index (κ2) is 9.01. The van der Waals surface area contributed by atoms with E-state index < -0.39 is 23.7 Å². The van der Waals surface area contributed by atoms with Gasteiger partial charge in [0.25, 0.3) is 5.91 Å². The van der Waals surface area contributed by atoms with Crippen LogP contribution in [0.2, 0.25) is 0 Å². The van der Waals surface area contributed by atoms with Crippen molar-refractivity contribution in [3.05, 3.63) is 101 Å². The van der Waals surface area contributed by atoms with Gasteiger partial charge in [-0.15, -0.1) is 0 Å². The number of hydrogen-bond donors (Lipinski definition) is 1. The van der Waals surface area contributed by atoms with Crippen molar-refractivity contribution in [3.8, 4) is 5.75 Å². The van der Waals surface area contributed by atoms with E-state index in [0.29, 0.717) is 11.3 Å². The summed E-state index contributed by atoms with van der Waals surface area (Å²) in [6.45, 7) is 0.0923. The van der Waals surface area contributed by atoms with Crippen LogP contribution in [0.25, 0.3) is 0 Å². The highest BCUT2D eigenvalue weighted by atomic mass is 19.1. The fourth-order valence-corrected chi connectivity index (χ4v) is 3.17. The Kier molecular flexibility index (Phi) is 6.24. The lowest BCUT2D eigenvalue weighted by molar-refractivity contribution is -0.122. The number of nitrogens with two attached hydrogens (primary N) is 1. The molecule has 2 N–H and O–H groups in total. The van der Waals surface area contributed by atoms with Crippen molar-refractivity contribution in [3.63, 3.8) is 0 Å². The lowest BCUT2D eigenvalue weighted by Gasteiger charge is -2.30. The average Bonchev–Trinajstić information content (AvgIpc) is 2.73. The summed E-state index contributed by atoms with van der Waals surface area (Å²) in [4.78, 5) is 27.0. The van der Waals surface area contributed by atoms with Crippen LogP contribution >= 0.6 is 0 Å². The van der Waals surface area contributed by atoms with Gasteiger partial charge in [-0.3, -0.25) is 9.59 Å². The first-order valence-corrected chi connectivity index (χ1v) is 9.03. The molecule has 29 heavy (non-hydrogen) atoms. The summed E-state index contributed by atoms with van der Waals surface area (Å²) >= 11 is 0. The van der Waals surface area contributed by atoms with E-state index in [0.717, 1.165) is 11.6 Å². The van der Waals surface area contributed by atoms with E-state index >= 15 is 0 Å². The summed E-state index contributed by atoms with van der Waals surface area (Å²) in [7, 11) is 1.55. The molecule has 0 radical (unpaired) electrons. The van der Waals surface area contributed by atoms with Crippen molar-refractivity contribution in [2.45, 2.75) is 12.6 Å². The maximum absolute atomic E-state index is 13.7. The van der Waals surface area contributed by atoms with E-state index in [-0.39, 0.29) is 12.1 Å². The topological polar surface area (TPSA) is 72.6 Å². The zero-order chi connectivity index (χ0) is 20.8. The van der Waals surface area contributed by atoms with Crippen molar-refractivity contribution in [2.75, 3.05) is 7.11 Å². The van der Waals surface area contributed by atoms with Crippen LogP contribution in [0.5, 0.6) is 5.75 Å². The molecule has 0 unspecified atom stereocenters. The zero-order valence-corrected chi connectivity index (χ0v) is 15.9. The van der Waals surface area contributed by atoms with Crippen molar-refractivity contribution >= 4 is 11.8 Å². The van der Waals surface area contributed by atoms with E-state index in [9.17, 15) is 14.0 Å². The molecule has 2 amide bonds. The number of carbonyl (C=O) groups excluding carboxylic acids is 2. The van der Waals surface area contributed by atoms with Crippen LogP contribution in [-0.2, 0) is 11.3 Å². The van der Waals surface area contributed by atoms with Gasteiger partial charge in [0.15, 0.2) is 0 Å². The van der Waals surface area contributed by atoms with Crippen LogP contribution in [0.4, 0.5) is 4.39 Å². The molecule has 3 aromatic carbocycles. The monoisotopic (exact) mass is 392 g/mol. The summed E-state index contributed by atoms with van der Waals surface area (Å²) in [5.41, 5.74) is 7.15. The number of primary amides is 1. The number of hydrogen-bond acceptors (Lipinski definition) is 3. The summed E-state index contributed by atoms with van der Waals surface area (Å²) in [5, 5.41) is 0. The highest BCUT2D eigenvalue weighted by Crippen LogP contribution is 2.26. The molecule has 0 fully saturated rings. The molecule has 0 spiro atoms. The van der Waals surface area contributed by atoms with Crippen LogP contribution in [0.1, 0.15) is 27.5 Å². The van der Waals surface area contributed by atoms with Crippen LogP contribution in [0.3, 0.4) is 0 Å². The summed E-state index contributed by atoms with van der Waals surface area (Å²) in [6.07, 6.45) is 0. The van der Waals surface area contributed by atoms with Gasteiger partial charge in [-0.05, 0) is 41.5 Å². The zero-order valence-electron chi connectivity index (χ0n) is 15.9. The molecule has 148 valence electrons. The molecule has 1 atom stereocenters. The normalized spacial score (nSPS) is 11.5. The molecule has 3 rings (SSSR count). The van der Waals surface area contributed by atoms with Crippen molar-refractivity contribution in [2.24, 2.45) is 5.73 Å². The van der Waals surface area contributed by atoms with E-state index in [1.54, 1.807) is 49.6 Å².